The second-order valence-corrected chi connectivity index (χ2v) is 6.20. The number of ether oxygens (including phenoxy) is 1. The van der Waals surface area contributed by atoms with Crippen LogP contribution in [0.3, 0.4) is 0 Å². The lowest BCUT2D eigenvalue weighted by Gasteiger charge is -2.28. The number of esters is 1. The fourth-order valence-electron chi connectivity index (χ4n) is 3.31. The zero-order valence-corrected chi connectivity index (χ0v) is 14.5. The summed E-state index contributed by atoms with van der Waals surface area (Å²) < 4.78 is 4.94. The first-order valence-electron chi connectivity index (χ1n) is 8.45. The van der Waals surface area contributed by atoms with Gasteiger partial charge in [-0.15, -0.1) is 0 Å². The van der Waals surface area contributed by atoms with Crippen LogP contribution in [0, 0.1) is 5.92 Å². The Kier molecular flexibility index (Phi) is 4.74. The first kappa shape index (κ1) is 16.4. The van der Waals surface area contributed by atoms with Gasteiger partial charge in [0.05, 0.1) is 12.7 Å². The predicted molar refractivity (Wildman–Crippen MR) is 96.3 cm³/mol. The highest BCUT2D eigenvalue weighted by molar-refractivity contribution is 5.89. The van der Waals surface area contributed by atoms with Gasteiger partial charge in [0.2, 0.25) is 0 Å². The molecule has 1 atom stereocenters. The lowest BCUT2D eigenvalue weighted by molar-refractivity contribution is -0.136. The van der Waals surface area contributed by atoms with Gasteiger partial charge < -0.3 is 14.6 Å². The highest BCUT2D eigenvalue weighted by atomic mass is 16.5. The zero-order valence-electron chi connectivity index (χ0n) is 14.5. The number of carbonyl (C=O) groups is 1. The summed E-state index contributed by atoms with van der Waals surface area (Å²) in [5.74, 6) is -0.120. The highest BCUT2D eigenvalue weighted by Gasteiger charge is 2.25. The van der Waals surface area contributed by atoms with E-state index in [1.165, 1.54) is 23.6 Å². The van der Waals surface area contributed by atoms with Crippen LogP contribution in [-0.4, -0.2) is 29.5 Å². The summed E-state index contributed by atoms with van der Waals surface area (Å²) in [7, 11) is 1.44. The number of benzene rings is 1. The van der Waals surface area contributed by atoms with Crippen molar-refractivity contribution in [3.63, 3.8) is 0 Å². The van der Waals surface area contributed by atoms with E-state index in [1.54, 1.807) is 0 Å². The van der Waals surface area contributed by atoms with Gasteiger partial charge in [0.25, 0.3) is 0 Å². The summed E-state index contributed by atoms with van der Waals surface area (Å²) in [6.45, 7) is 5.02. The third kappa shape index (κ3) is 3.09. The number of hydrogen-bond donors (Lipinski definition) is 1. The number of para-hydroxylation sites is 1. The summed E-state index contributed by atoms with van der Waals surface area (Å²) in [6.07, 6.45) is 8.03. The standard InChI is InChI=1S/C20H24N2O2/c1-4-15-12-22(13-18(14(15)2)20(23)24-3)10-9-16-11-21-19-8-6-5-7-17(16)19/h5-8,11-14,21H,4,9-10H2,1-3H3. The fraction of sp³-hybridized carbons (Fsp3) is 0.350. The summed E-state index contributed by atoms with van der Waals surface area (Å²) >= 11 is 0. The van der Waals surface area contributed by atoms with Crippen molar-refractivity contribution in [2.24, 2.45) is 5.92 Å². The molecular weight excluding hydrogens is 300 g/mol. The minimum atomic E-state index is -0.237. The Morgan fingerprint density at radius 2 is 2.08 bits per heavy atom. The Hall–Kier alpha value is -2.49. The third-order valence-corrected chi connectivity index (χ3v) is 4.80. The maximum absolute atomic E-state index is 12.0. The van der Waals surface area contributed by atoms with Gasteiger partial charge in [-0.05, 0) is 30.0 Å². The number of H-pyrrole nitrogens is 1. The molecule has 0 saturated carbocycles. The van der Waals surface area contributed by atoms with Crippen molar-refractivity contribution in [2.45, 2.75) is 26.7 Å². The minimum absolute atomic E-state index is 0.117. The molecular formula is C20H24N2O2. The summed E-state index contributed by atoms with van der Waals surface area (Å²) in [4.78, 5) is 17.5. The molecule has 126 valence electrons. The maximum atomic E-state index is 12.0. The van der Waals surface area contributed by atoms with E-state index in [9.17, 15) is 4.79 Å². The molecule has 1 N–H and O–H groups in total. The van der Waals surface area contributed by atoms with Crippen molar-refractivity contribution in [2.75, 3.05) is 13.7 Å². The number of rotatable bonds is 5. The lowest BCUT2D eigenvalue weighted by Crippen LogP contribution is -2.26. The molecule has 4 nitrogen and oxygen atoms in total. The van der Waals surface area contributed by atoms with Crippen LogP contribution in [0.4, 0.5) is 0 Å². The molecule has 1 aromatic carbocycles. The van der Waals surface area contributed by atoms with Gasteiger partial charge in [0, 0.05) is 42.0 Å². The number of nitrogens with one attached hydrogen (secondary N) is 1. The number of nitrogens with zero attached hydrogens (tertiary/aromatic N) is 1. The maximum Gasteiger partial charge on any atom is 0.335 e. The van der Waals surface area contributed by atoms with E-state index in [0.717, 1.165) is 30.5 Å². The van der Waals surface area contributed by atoms with E-state index >= 15 is 0 Å². The molecule has 24 heavy (non-hydrogen) atoms. The number of hydrogen-bond acceptors (Lipinski definition) is 3. The van der Waals surface area contributed by atoms with Crippen LogP contribution in [0.15, 0.2) is 54.0 Å². The molecule has 1 aromatic heterocycles. The largest absolute Gasteiger partial charge is 0.466 e. The third-order valence-electron chi connectivity index (χ3n) is 4.80. The number of allylic oxidation sites excluding steroid dienone is 1. The zero-order chi connectivity index (χ0) is 17.1. The van der Waals surface area contributed by atoms with Gasteiger partial charge in [0.1, 0.15) is 0 Å². The summed E-state index contributed by atoms with van der Waals surface area (Å²) in [5, 5.41) is 1.26. The van der Waals surface area contributed by atoms with Gasteiger partial charge >= 0.3 is 5.97 Å². The van der Waals surface area contributed by atoms with Gasteiger partial charge in [0.15, 0.2) is 0 Å². The molecule has 0 bridgehead atoms. The first-order chi connectivity index (χ1) is 11.6. The quantitative estimate of drug-likeness (QED) is 0.845. The molecule has 0 amide bonds. The second kappa shape index (κ2) is 6.95. The van der Waals surface area contributed by atoms with Crippen molar-refractivity contribution < 1.29 is 9.53 Å². The molecule has 4 heteroatoms. The molecule has 2 heterocycles. The predicted octanol–water partition coefficient (Wildman–Crippen LogP) is 4.01. The Morgan fingerprint density at radius 3 is 2.83 bits per heavy atom. The number of aromatic amines is 1. The van der Waals surface area contributed by atoms with Gasteiger partial charge in [-0.1, -0.05) is 32.0 Å². The van der Waals surface area contributed by atoms with Crippen LogP contribution in [0.2, 0.25) is 0 Å². The SMILES string of the molecule is CCC1=CN(CCc2c[nH]c3ccccc23)C=C(C(=O)OC)C1C. The average molecular weight is 324 g/mol. The Morgan fingerprint density at radius 1 is 1.29 bits per heavy atom. The van der Waals surface area contributed by atoms with E-state index in [0.29, 0.717) is 0 Å². The number of fused-ring (bicyclic) bond motifs is 1. The molecule has 2 aromatic rings. The van der Waals surface area contributed by atoms with E-state index in [-0.39, 0.29) is 11.9 Å². The molecule has 1 aliphatic rings. The molecule has 3 rings (SSSR count). The average Bonchev–Trinajstić information content (AvgIpc) is 3.03. The first-order valence-corrected chi connectivity index (χ1v) is 8.45. The topological polar surface area (TPSA) is 45.3 Å². The van der Waals surface area contributed by atoms with Crippen LogP contribution in [-0.2, 0) is 16.0 Å². The van der Waals surface area contributed by atoms with Crippen LogP contribution < -0.4 is 0 Å². The van der Waals surface area contributed by atoms with Crippen molar-refractivity contribution in [3.05, 3.63) is 59.6 Å². The van der Waals surface area contributed by atoms with Crippen LogP contribution in [0.1, 0.15) is 25.8 Å². The Labute approximate surface area is 142 Å². The molecule has 0 fully saturated rings. The summed E-state index contributed by atoms with van der Waals surface area (Å²) in [5.41, 5.74) is 4.45. The van der Waals surface area contributed by atoms with Gasteiger partial charge in [-0.25, -0.2) is 4.79 Å². The monoisotopic (exact) mass is 324 g/mol. The normalized spacial score (nSPS) is 17.6. The smallest absolute Gasteiger partial charge is 0.335 e. The fourth-order valence-corrected chi connectivity index (χ4v) is 3.31. The van der Waals surface area contributed by atoms with E-state index < -0.39 is 0 Å². The second-order valence-electron chi connectivity index (χ2n) is 6.20. The van der Waals surface area contributed by atoms with Crippen LogP contribution in [0.25, 0.3) is 10.9 Å². The minimum Gasteiger partial charge on any atom is -0.466 e. The molecule has 0 radical (unpaired) electrons. The number of aromatic nitrogens is 1. The van der Waals surface area contributed by atoms with Crippen LogP contribution >= 0.6 is 0 Å². The van der Waals surface area contributed by atoms with Crippen molar-refractivity contribution in [3.8, 4) is 0 Å². The highest BCUT2D eigenvalue weighted by Crippen LogP contribution is 2.29. The molecule has 1 unspecified atom stereocenters. The lowest BCUT2D eigenvalue weighted by atomic mass is 9.89. The molecule has 1 aliphatic heterocycles. The number of methoxy groups -OCH3 is 1. The molecule has 0 spiro atoms. The number of carbonyl (C=O) groups excluding carboxylic acids is 1. The van der Waals surface area contributed by atoms with Crippen molar-refractivity contribution >= 4 is 16.9 Å². The Bertz CT molecular complexity index is 801. The Balaban J connectivity index is 1.79. The summed E-state index contributed by atoms with van der Waals surface area (Å²) in [6, 6.07) is 8.33. The molecule has 0 aliphatic carbocycles. The van der Waals surface area contributed by atoms with Gasteiger partial charge in [-0.2, -0.15) is 0 Å². The van der Waals surface area contributed by atoms with Crippen LogP contribution in [0.5, 0.6) is 0 Å². The van der Waals surface area contributed by atoms with Gasteiger partial charge in [-0.3, -0.25) is 0 Å². The van der Waals surface area contributed by atoms with E-state index in [4.69, 9.17) is 4.74 Å². The van der Waals surface area contributed by atoms with Crippen molar-refractivity contribution in [1.29, 1.82) is 0 Å². The molecule has 0 saturated heterocycles. The van der Waals surface area contributed by atoms with E-state index in [2.05, 4.69) is 54.3 Å². The van der Waals surface area contributed by atoms with Crippen molar-refractivity contribution in [1.82, 2.24) is 9.88 Å². The van der Waals surface area contributed by atoms with E-state index in [1.807, 2.05) is 12.3 Å².